The molecule has 0 aromatic heterocycles. The summed E-state index contributed by atoms with van der Waals surface area (Å²) in [5.74, 6) is 0.329. The fourth-order valence-electron chi connectivity index (χ4n) is 2.27. The van der Waals surface area contributed by atoms with Crippen LogP contribution in [-0.2, 0) is 10.2 Å². The van der Waals surface area contributed by atoms with Gasteiger partial charge in [-0.1, -0.05) is 56.7 Å². The Morgan fingerprint density at radius 3 is 2.38 bits per heavy atom. The number of hydrogen-bond acceptors (Lipinski definition) is 3. The van der Waals surface area contributed by atoms with Gasteiger partial charge in [-0.3, -0.25) is 4.79 Å². The minimum absolute atomic E-state index is 0.0562. The van der Waals surface area contributed by atoms with E-state index >= 15 is 0 Å². The van der Waals surface area contributed by atoms with E-state index in [1.165, 1.54) is 11.1 Å². The zero-order chi connectivity index (χ0) is 19.3. The molecular formula is C21H25BrN2O2. The van der Waals surface area contributed by atoms with Gasteiger partial charge in [0.05, 0.1) is 10.2 Å². The van der Waals surface area contributed by atoms with Gasteiger partial charge in [-0.2, -0.15) is 5.10 Å². The second-order valence-corrected chi connectivity index (χ2v) is 8.14. The van der Waals surface area contributed by atoms with Gasteiger partial charge in [-0.15, -0.1) is 0 Å². The number of amides is 1. The molecule has 26 heavy (non-hydrogen) atoms. The number of ether oxygens (including phenoxy) is 1. The van der Waals surface area contributed by atoms with Gasteiger partial charge in [0.1, 0.15) is 5.75 Å². The SMILES string of the molecule is C/C(=N\NC(=O)COc1ccc(C(C)(C)C)cc1Br)c1ccc(C)cc1. The smallest absolute Gasteiger partial charge is 0.277 e. The second-order valence-electron chi connectivity index (χ2n) is 7.28. The van der Waals surface area contributed by atoms with E-state index in [9.17, 15) is 4.79 Å². The third-order valence-electron chi connectivity index (χ3n) is 3.97. The third-order valence-corrected chi connectivity index (χ3v) is 4.59. The first kappa shape index (κ1) is 20.2. The van der Waals surface area contributed by atoms with E-state index in [-0.39, 0.29) is 17.9 Å². The predicted octanol–water partition coefficient (Wildman–Crippen LogP) is 4.97. The number of halogens is 1. The third kappa shape index (κ3) is 5.70. The average molecular weight is 417 g/mol. The molecule has 1 N–H and O–H groups in total. The lowest BCUT2D eigenvalue weighted by Crippen LogP contribution is -2.25. The molecule has 0 bridgehead atoms. The molecule has 0 spiro atoms. The van der Waals surface area contributed by atoms with Crippen molar-refractivity contribution in [3.8, 4) is 5.75 Å². The maximum absolute atomic E-state index is 12.0. The number of rotatable bonds is 5. The molecule has 0 radical (unpaired) electrons. The summed E-state index contributed by atoms with van der Waals surface area (Å²) in [5.41, 5.74) is 6.68. The molecule has 2 aromatic carbocycles. The Labute approximate surface area is 163 Å². The quantitative estimate of drug-likeness (QED) is 0.552. The van der Waals surface area contributed by atoms with Gasteiger partial charge in [-0.05, 0) is 58.5 Å². The Hall–Kier alpha value is -2.14. The van der Waals surface area contributed by atoms with Crippen LogP contribution in [0.5, 0.6) is 5.75 Å². The summed E-state index contributed by atoms with van der Waals surface area (Å²) in [6.07, 6.45) is 0. The number of hydrogen-bond donors (Lipinski definition) is 1. The summed E-state index contributed by atoms with van der Waals surface area (Å²) < 4.78 is 6.42. The molecule has 0 aliphatic carbocycles. The lowest BCUT2D eigenvalue weighted by Gasteiger charge is -2.20. The minimum Gasteiger partial charge on any atom is -0.483 e. The molecule has 2 rings (SSSR count). The van der Waals surface area contributed by atoms with Crippen molar-refractivity contribution in [3.05, 3.63) is 63.6 Å². The number of benzene rings is 2. The van der Waals surface area contributed by atoms with Crippen LogP contribution >= 0.6 is 15.9 Å². The zero-order valence-corrected chi connectivity index (χ0v) is 17.5. The van der Waals surface area contributed by atoms with Crippen LogP contribution in [0.1, 0.15) is 44.4 Å². The summed E-state index contributed by atoms with van der Waals surface area (Å²) in [5, 5.41) is 4.13. The van der Waals surface area contributed by atoms with Gasteiger partial charge >= 0.3 is 0 Å². The molecule has 138 valence electrons. The molecule has 0 saturated heterocycles. The largest absolute Gasteiger partial charge is 0.483 e. The van der Waals surface area contributed by atoms with Crippen molar-refractivity contribution in [2.24, 2.45) is 5.10 Å². The summed E-state index contributed by atoms with van der Waals surface area (Å²) in [4.78, 5) is 12.0. The second kappa shape index (κ2) is 8.49. The van der Waals surface area contributed by atoms with E-state index < -0.39 is 0 Å². The van der Waals surface area contributed by atoms with E-state index in [2.05, 4.69) is 47.2 Å². The maximum atomic E-state index is 12.0. The molecule has 2 aromatic rings. The number of carbonyl (C=O) groups excluding carboxylic acids is 1. The number of nitrogens with one attached hydrogen (secondary N) is 1. The van der Waals surface area contributed by atoms with Gasteiger partial charge in [0.15, 0.2) is 6.61 Å². The lowest BCUT2D eigenvalue weighted by atomic mass is 9.87. The fraction of sp³-hybridized carbons (Fsp3) is 0.333. The summed E-state index contributed by atoms with van der Waals surface area (Å²) >= 11 is 3.50. The van der Waals surface area contributed by atoms with E-state index in [1.807, 2.05) is 56.3 Å². The Morgan fingerprint density at radius 2 is 1.81 bits per heavy atom. The molecule has 1 amide bonds. The van der Waals surface area contributed by atoms with Crippen molar-refractivity contribution >= 4 is 27.5 Å². The van der Waals surface area contributed by atoms with Crippen molar-refractivity contribution < 1.29 is 9.53 Å². The zero-order valence-electron chi connectivity index (χ0n) is 15.9. The van der Waals surface area contributed by atoms with Crippen LogP contribution in [0.3, 0.4) is 0 Å². The maximum Gasteiger partial charge on any atom is 0.277 e. The van der Waals surface area contributed by atoms with Crippen LogP contribution in [0.2, 0.25) is 0 Å². The molecule has 0 atom stereocenters. The molecule has 0 saturated carbocycles. The standard InChI is InChI=1S/C21H25BrN2O2/c1-14-6-8-16(9-7-14)15(2)23-24-20(25)13-26-19-11-10-17(12-18(19)22)21(3,4)5/h6-12H,13H2,1-5H3,(H,24,25)/b23-15+. The molecule has 0 aliphatic rings. The molecule has 0 heterocycles. The first-order chi connectivity index (χ1) is 12.2. The van der Waals surface area contributed by atoms with Gasteiger partial charge < -0.3 is 4.74 Å². The highest BCUT2D eigenvalue weighted by Gasteiger charge is 2.15. The highest BCUT2D eigenvalue weighted by molar-refractivity contribution is 9.10. The number of carbonyl (C=O) groups is 1. The van der Waals surface area contributed by atoms with Crippen LogP contribution in [0.15, 0.2) is 52.0 Å². The minimum atomic E-state index is -0.303. The van der Waals surface area contributed by atoms with E-state index in [0.29, 0.717) is 5.75 Å². The van der Waals surface area contributed by atoms with E-state index in [1.54, 1.807) is 0 Å². The normalized spacial score (nSPS) is 12.0. The monoisotopic (exact) mass is 416 g/mol. The number of nitrogens with zero attached hydrogens (tertiary/aromatic N) is 1. The van der Waals surface area contributed by atoms with Gasteiger partial charge in [-0.25, -0.2) is 5.43 Å². The average Bonchev–Trinajstić information content (AvgIpc) is 2.58. The van der Waals surface area contributed by atoms with Crippen LogP contribution < -0.4 is 10.2 Å². The van der Waals surface area contributed by atoms with Crippen molar-refractivity contribution in [2.45, 2.75) is 40.0 Å². The topological polar surface area (TPSA) is 50.7 Å². The Morgan fingerprint density at radius 1 is 1.15 bits per heavy atom. The Bertz CT molecular complexity index is 806. The van der Waals surface area contributed by atoms with Gasteiger partial charge in [0, 0.05) is 0 Å². The van der Waals surface area contributed by atoms with Crippen molar-refractivity contribution in [1.29, 1.82) is 0 Å². The molecular weight excluding hydrogens is 392 g/mol. The van der Waals surface area contributed by atoms with Crippen LogP contribution in [0.4, 0.5) is 0 Å². The van der Waals surface area contributed by atoms with Crippen molar-refractivity contribution in [1.82, 2.24) is 5.43 Å². The van der Waals surface area contributed by atoms with Crippen molar-refractivity contribution in [3.63, 3.8) is 0 Å². The van der Waals surface area contributed by atoms with Crippen molar-refractivity contribution in [2.75, 3.05) is 6.61 Å². The fourth-order valence-corrected chi connectivity index (χ4v) is 2.76. The first-order valence-corrected chi connectivity index (χ1v) is 9.29. The highest BCUT2D eigenvalue weighted by atomic mass is 79.9. The Balaban J connectivity index is 1.92. The summed E-state index contributed by atoms with van der Waals surface area (Å²) in [6, 6.07) is 13.9. The van der Waals surface area contributed by atoms with Gasteiger partial charge in [0.25, 0.3) is 5.91 Å². The molecule has 4 nitrogen and oxygen atoms in total. The van der Waals surface area contributed by atoms with E-state index in [0.717, 1.165) is 15.7 Å². The molecule has 5 heteroatoms. The van der Waals surface area contributed by atoms with Gasteiger partial charge in [0.2, 0.25) is 0 Å². The Kier molecular flexibility index (Phi) is 6.59. The highest BCUT2D eigenvalue weighted by Crippen LogP contribution is 2.31. The number of aryl methyl sites for hydroxylation is 1. The van der Waals surface area contributed by atoms with Crippen LogP contribution in [0, 0.1) is 6.92 Å². The molecule has 0 fully saturated rings. The summed E-state index contributed by atoms with van der Waals surface area (Å²) in [6.45, 7) is 10.2. The first-order valence-electron chi connectivity index (χ1n) is 8.50. The number of hydrazone groups is 1. The van der Waals surface area contributed by atoms with E-state index in [4.69, 9.17) is 4.74 Å². The predicted molar refractivity (Wildman–Crippen MR) is 110 cm³/mol. The molecule has 0 aliphatic heterocycles. The summed E-state index contributed by atoms with van der Waals surface area (Å²) in [7, 11) is 0. The van der Waals surface area contributed by atoms with Crippen LogP contribution in [0.25, 0.3) is 0 Å². The lowest BCUT2D eigenvalue weighted by molar-refractivity contribution is -0.123. The molecule has 0 unspecified atom stereocenters. The van der Waals surface area contributed by atoms with Crippen LogP contribution in [-0.4, -0.2) is 18.2 Å².